The molecule has 46 heavy (non-hydrogen) atoms. The average Bonchev–Trinajstić information content (AvgIpc) is 3.15. The molecule has 0 fully saturated rings. The van der Waals surface area contributed by atoms with E-state index in [1.807, 2.05) is 42.5 Å². The Kier molecular flexibility index (Phi) is 7.01. The first-order valence-electron chi connectivity index (χ1n) is 15.7. The van der Waals surface area contributed by atoms with Crippen LogP contribution in [0.4, 0.5) is 17.1 Å². The van der Waals surface area contributed by atoms with E-state index in [0.29, 0.717) is 11.1 Å². The zero-order chi connectivity index (χ0) is 30.9. The van der Waals surface area contributed by atoms with Crippen molar-refractivity contribution in [1.29, 1.82) is 0 Å². The van der Waals surface area contributed by atoms with Crippen molar-refractivity contribution in [3.05, 3.63) is 199 Å². The second-order valence-electron chi connectivity index (χ2n) is 11.6. The van der Waals surface area contributed by atoms with Gasteiger partial charge < -0.3 is 4.90 Å². The highest BCUT2D eigenvalue weighted by atomic mass is 28.3. The van der Waals surface area contributed by atoms with E-state index in [9.17, 15) is 4.79 Å². The van der Waals surface area contributed by atoms with Gasteiger partial charge in [0.1, 0.15) is 0 Å². The lowest BCUT2D eigenvalue weighted by Gasteiger charge is -2.45. The van der Waals surface area contributed by atoms with E-state index >= 15 is 0 Å². The molecule has 0 aliphatic carbocycles. The standard InChI is InChI=1S/C43H31NOSi/c45-43(33-16-4-1-5-17-33)34-30-28-32(29-31-34)37-22-10-11-23-38(37)44-39-24-12-14-26-41(39)46(35-18-6-2-7-19-35,36-20-8-3-9-21-36)42-27-15-13-25-40(42)44/h1-31H. The number of ketones is 1. The van der Waals surface area contributed by atoms with E-state index in [1.54, 1.807) is 0 Å². The van der Waals surface area contributed by atoms with Crippen LogP contribution in [-0.4, -0.2) is 13.9 Å². The Balaban J connectivity index is 1.33. The van der Waals surface area contributed by atoms with Crippen molar-refractivity contribution in [3.8, 4) is 11.1 Å². The molecule has 3 heteroatoms. The van der Waals surface area contributed by atoms with Gasteiger partial charge in [-0.3, -0.25) is 4.79 Å². The van der Waals surface area contributed by atoms with Crippen LogP contribution in [0.2, 0.25) is 0 Å². The molecule has 7 aromatic carbocycles. The molecular weight excluding hydrogens is 575 g/mol. The molecular formula is C43H31NOSi. The third-order valence-corrected chi connectivity index (χ3v) is 14.0. The Morgan fingerprint density at radius 2 is 0.804 bits per heavy atom. The van der Waals surface area contributed by atoms with Crippen molar-refractivity contribution in [1.82, 2.24) is 0 Å². The summed E-state index contributed by atoms with van der Waals surface area (Å²) in [6.45, 7) is 0. The lowest BCUT2D eigenvalue weighted by atomic mass is 9.97. The molecule has 0 bridgehead atoms. The third kappa shape index (κ3) is 4.44. The van der Waals surface area contributed by atoms with Crippen LogP contribution in [0.3, 0.4) is 0 Å². The molecule has 1 heterocycles. The molecule has 0 N–H and O–H groups in total. The summed E-state index contributed by atoms with van der Waals surface area (Å²) in [5.74, 6) is 0.0300. The zero-order valence-corrected chi connectivity index (χ0v) is 26.3. The minimum absolute atomic E-state index is 0.0300. The van der Waals surface area contributed by atoms with Crippen molar-refractivity contribution in [2.24, 2.45) is 0 Å². The van der Waals surface area contributed by atoms with Crippen molar-refractivity contribution in [2.75, 3.05) is 4.90 Å². The second kappa shape index (κ2) is 11.6. The lowest BCUT2D eigenvalue weighted by Crippen LogP contribution is -2.77. The fourth-order valence-corrected chi connectivity index (χ4v) is 12.2. The van der Waals surface area contributed by atoms with Gasteiger partial charge in [-0.1, -0.05) is 170 Å². The topological polar surface area (TPSA) is 20.3 Å². The SMILES string of the molecule is O=C(c1ccccc1)c1ccc(-c2ccccc2N2c3ccccc3[Si](c3ccccc3)(c3ccccc3)c3ccccc32)cc1. The van der Waals surface area contributed by atoms with Gasteiger partial charge >= 0.3 is 0 Å². The highest BCUT2D eigenvalue weighted by Gasteiger charge is 2.48. The number of nitrogens with zero attached hydrogens (tertiary/aromatic N) is 1. The number of carbonyl (C=O) groups is 1. The van der Waals surface area contributed by atoms with Gasteiger partial charge in [0.15, 0.2) is 13.9 Å². The van der Waals surface area contributed by atoms with Gasteiger partial charge in [-0.2, -0.15) is 0 Å². The van der Waals surface area contributed by atoms with Gasteiger partial charge in [0.25, 0.3) is 0 Å². The maximum absolute atomic E-state index is 13.2. The highest BCUT2D eigenvalue weighted by Crippen LogP contribution is 2.42. The van der Waals surface area contributed by atoms with E-state index in [1.165, 1.54) is 32.1 Å². The second-order valence-corrected chi connectivity index (χ2v) is 15.4. The Labute approximate surface area is 270 Å². The van der Waals surface area contributed by atoms with Crippen LogP contribution < -0.4 is 25.6 Å². The van der Waals surface area contributed by atoms with Crippen LogP contribution in [0.5, 0.6) is 0 Å². The minimum Gasteiger partial charge on any atom is -0.310 e. The summed E-state index contributed by atoms with van der Waals surface area (Å²) in [5.41, 5.74) is 7.06. The molecule has 0 saturated heterocycles. The summed E-state index contributed by atoms with van der Waals surface area (Å²) in [7, 11) is -2.68. The summed E-state index contributed by atoms with van der Waals surface area (Å²) in [4.78, 5) is 15.6. The summed E-state index contributed by atoms with van der Waals surface area (Å²) in [5, 5.41) is 5.47. The number of benzene rings is 7. The Bertz CT molecular complexity index is 2070. The zero-order valence-electron chi connectivity index (χ0n) is 25.3. The summed E-state index contributed by atoms with van der Waals surface area (Å²) in [6.07, 6.45) is 0. The number of hydrogen-bond donors (Lipinski definition) is 0. The molecule has 0 atom stereocenters. The van der Waals surface area contributed by atoms with Crippen molar-refractivity contribution in [3.63, 3.8) is 0 Å². The molecule has 0 radical (unpaired) electrons. The summed E-state index contributed by atoms with van der Waals surface area (Å²) < 4.78 is 0. The molecule has 8 rings (SSSR count). The number of para-hydroxylation sites is 3. The molecule has 1 aliphatic heterocycles. The largest absolute Gasteiger partial charge is 0.310 e. The molecule has 0 amide bonds. The lowest BCUT2D eigenvalue weighted by molar-refractivity contribution is 0.103. The number of carbonyl (C=O) groups excluding carboxylic acids is 1. The van der Waals surface area contributed by atoms with Crippen molar-refractivity contribution >= 4 is 51.7 Å². The van der Waals surface area contributed by atoms with Gasteiger partial charge in [-0.15, -0.1) is 0 Å². The number of fused-ring (bicyclic) bond motifs is 2. The van der Waals surface area contributed by atoms with E-state index < -0.39 is 8.07 Å². The quantitative estimate of drug-likeness (QED) is 0.143. The first kappa shape index (κ1) is 27.8. The van der Waals surface area contributed by atoms with Crippen LogP contribution >= 0.6 is 0 Å². The monoisotopic (exact) mass is 605 g/mol. The van der Waals surface area contributed by atoms with Gasteiger partial charge in [-0.05, 0) is 44.5 Å². The molecule has 0 unspecified atom stereocenters. The van der Waals surface area contributed by atoms with E-state index in [-0.39, 0.29) is 5.78 Å². The fourth-order valence-electron chi connectivity index (χ4n) is 7.14. The Morgan fingerprint density at radius 1 is 0.391 bits per heavy atom. The van der Waals surface area contributed by atoms with Crippen LogP contribution in [0.1, 0.15) is 15.9 Å². The molecule has 218 valence electrons. The molecule has 2 nitrogen and oxygen atoms in total. The van der Waals surface area contributed by atoms with E-state index in [4.69, 9.17) is 0 Å². The van der Waals surface area contributed by atoms with Gasteiger partial charge in [0, 0.05) is 28.1 Å². The Morgan fingerprint density at radius 3 is 1.35 bits per heavy atom. The van der Waals surface area contributed by atoms with Crippen LogP contribution in [0.25, 0.3) is 11.1 Å². The first-order valence-corrected chi connectivity index (χ1v) is 17.7. The third-order valence-electron chi connectivity index (χ3n) is 9.15. The highest BCUT2D eigenvalue weighted by molar-refractivity contribution is 7.21. The smallest absolute Gasteiger partial charge is 0.193 e. The maximum Gasteiger partial charge on any atom is 0.193 e. The average molecular weight is 606 g/mol. The van der Waals surface area contributed by atoms with E-state index in [0.717, 1.165) is 16.8 Å². The van der Waals surface area contributed by atoms with Crippen molar-refractivity contribution < 1.29 is 4.79 Å². The van der Waals surface area contributed by atoms with E-state index in [2.05, 4.69) is 150 Å². The predicted octanol–water partition coefficient (Wildman–Crippen LogP) is 7.75. The molecule has 0 saturated carbocycles. The normalized spacial score (nSPS) is 13.0. The summed E-state index contributed by atoms with van der Waals surface area (Å²) >= 11 is 0. The summed E-state index contributed by atoms with van der Waals surface area (Å²) in [6, 6.07) is 66.2. The van der Waals surface area contributed by atoms with Gasteiger partial charge in [0.05, 0.1) is 5.69 Å². The predicted molar refractivity (Wildman–Crippen MR) is 194 cm³/mol. The van der Waals surface area contributed by atoms with Crippen LogP contribution in [-0.2, 0) is 0 Å². The molecule has 1 aliphatic rings. The van der Waals surface area contributed by atoms with Crippen LogP contribution in [0, 0.1) is 0 Å². The number of rotatable bonds is 6. The molecule has 0 spiro atoms. The Hall–Kier alpha value is -5.77. The minimum atomic E-state index is -2.68. The van der Waals surface area contributed by atoms with Gasteiger partial charge in [0.2, 0.25) is 0 Å². The fraction of sp³-hybridized carbons (Fsp3) is 0. The number of hydrogen-bond acceptors (Lipinski definition) is 2. The number of anilines is 3. The van der Waals surface area contributed by atoms with Crippen molar-refractivity contribution in [2.45, 2.75) is 0 Å². The first-order chi connectivity index (χ1) is 22.8. The van der Waals surface area contributed by atoms with Gasteiger partial charge in [-0.25, -0.2) is 0 Å². The molecule has 7 aromatic rings. The van der Waals surface area contributed by atoms with Crippen LogP contribution in [0.15, 0.2) is 188 Å². The maximum atomic E-state index is 13.2. The molecule has 0 aromatic heterocycles.